The molecule has 0 aliphatic rings. The fraction of sp³-hybridized carbons (Fsp3) is 0.400. The van der Waals surface area contributed by atoms with Gasteiger partial charge >= 0.3 is 0 Å². The number of halogens is 1. The molecule has 1 aromatic carbocycles. The molecule has 1 heterocycles. The Bertz CT molecular complexity index is 761. The van der Waals surface area contributed by atoms with Gasteiger partial charge in [0.1, 0.15) is 5.82 Å². The van der Waals surface area contributed by atoms with Crippen molar-refractivity contribution in [3.05, 3.63) is 57.5 Å². The van der Waals surface area contributed by atoms with E-state index in [4.69, 9.17) is 4.74 Å². The Hall–Kier alpha value is -2.25. The predicted octanol–water partition coefficient (Wildman–Crippen LogP) is 3.22. The van der Waals surface area contributed by atoms with E-state index in [-0.39, 0.29) is 24.2 Å². The highest BCUT2D eigenvalue weighted by Crippen LogP contribution is 2.19. The molecule has 0 unspecified atom stereocenters. The largest absolute Gasteiger partial charge is 0.383 e. The lowest BCUT2D eigenvalue weighted by molar-refractivity contribution is -0.140. The number of carbonyl (C=O) groups excluding carboxylic acids is 2. The van der Waals surface area contributed by atoms with Gasteiger partial charge in [-0.2, -0.15) is 0 Å². The average molecular weight is 392 g/mol. The standard InChI is InChI=1S/C20H25FN2O3S/c1-15-4-9-19(27-15)13-23(12-17-5-7-18(21)8-6-17)20(25)14-22(16(2)24)10-11-26-3/h4-9H,10-14H2,1-3H3. The van der Waals surface area contributed by atoms with Crippen LogP contribution in [0.4, 0.5) is 4.39 Å². The first-order chi connectivity index (χ1) is 12.9. The van der Waals surface area contributed by atoms with Gasteiger partial charge in [0.05, 0.1) is 19.7 Å². The summed E-state index contributed by atoms with van der Waals surface area (Å²) in [5.41, 5.74) is 0.837. The monoisotopic (exact) mass is 392 g/mol. The zero-order valence-electron chi connectivity index (χ0n) is 15.9. The molecule has 5 nitrogen and oxygen atoms in total. The summed E-state index contributed by atoms with van der Waals surface area (Å²) in [6, 6.07) is 10.1. The predicted molar refractivity (Wildman–Crippen MR) is 104 cm³/mol. The second kappa shape index (κ2) is 10.2. The van der Waals surface area contributed by atoms with E-state index >= 15 is 0 Å². The highest BCUT2D eigenvalue weighted by molar-refractivity contribution is 7.11. The number of rotatable bonds is 9. The normalized spacial score (nSPS) is 10.7. The van der Waals surface area contributed by atoms with Crippen LogP contribution in [0.15, 0.2) is 36.4 Å². The Morgan fingerprint density at radius 1 is 1.07 bits per heavy atom. The molecule has 0 aliphatic carbocycles. The van der Waals surface area contributed by atoms with Crippen LogP contribution in [-0.2, 0) is 27.4 Å². The number of amides is 2. The maximum atomic E-state index is 13.2. The highest BCUT2D eigenvalue weighted by atomic mass is 32.1. The number of benzene rings is 1. The van der Waals surface area contributed by atoms with Crippen molar-refractivity contribution in [3.8, 4) is 0 Å². The van der Waals surface area contributed by atoms with Crippen LogP contribution in [0.5, 0.6) is 0 Å². The number of nitrogens with zero attached hydrogens (tertiary/aromatic N) is 2. The van der Waals surface area contributed by atoms with Crippen LogP contribution in [-0.4, -0.2) is 48.4 Å². The average Bonchev–Trinajstić information content (AvgIpc) is 3.04. The molecule has 27 heavy (non-hydrogen) atoms. The summed E-state index contributed by atoms with van der Waals surface area (Å²) in [5, 5.41) is 0. The summed E-state index contributed by atoms with van der Waals surface area (Å²) in [5.74, 6) is -0.640. The van der Waals surface area contributed by atoms with E-state index in [1.165, 1.54) is 28.8 Å². The number of ether oxygens (including phenoxy) is 1. The molecule has 0 aliphatic heterocycles. The fourth-order valence-corrected chi connectivity index (χ4v) is 3.52. The molecule has 7 heteroatoms. The van der Waals surface area contributed by atoms with Gasteiger partial charge in [0.15, 0.2) is 0 Å². The molecule has 2 amide bonds. The van der Waals surface area contributed by atoms with Crippen molar-refractivity contribution in [3.63, 3.8) is 0 Å². The maximum Gasteiger partial charge on any atom is 0.242 e. The zero-order valence-corrected chi connectivity index (χ0v) is 16.7. The quantitative estimate of drug-likeness (QED) is 0.658. The lowest BCUT2D eigenvalue weighted by atomic mass is 10.2. The van der Waals surface area contributed by atoms with Crippen molar-refractivity contribution >= 4 is 23.2 Å². The van der Waals surface area contributed by atoms with Crippen molar-refractivity contribution in [1.29, 1.82) is 0 Å². The highest BCUT2D eigenvalue weighted by Gasteiger charge is 2.20. The van der Waals surface area contributed by atoms with Gasteiger partial charge in [-0.25, -0.2) is 4.39 Å². The van der Waals surface area contributed by atoms with E-state index in [9.17, 15) is 14.0 Å². The van der Waals surface area contributed by atoms with Crippen molar-refractivity contribution in [2.75, 3.05) is 26.8 Å². The molecule has 1 aromatic heterocycles. The van der Waals surface area contributed by atoms with Crippen LogP contribution >= 0.6 is 11.3 Å². The van der Waals surface area contributed by atoms with Gasteiger partial charge in [0, 0.05) is 36.9 Å². The molecule has 0 atom stereocenters. The van der Waals surface area contributed by atoms with E-state index in [2.05, 4.69) is 0 Å². The van der Waals surface area contributed by atoms with Crippen LogP contribution in [0.3, 0.4) is 0 Å². The first kappa shape index (κ1) is 21.1. The van der Waals surface area contributed by atoms with Crippen molar-refractivity contribution in [1.82, 2.24) is 9.80 Å². The van der Waals surface area contributed by atoms with Crippen LogP contribution < -0.4 is 0 Å². The van der Waals surface area contributed by atoms with Gasteiger partial charge < -0.3 is 14.5 Å². The minimum absolute atomic E-state index is 0.00968. The molecule has 0 saturated heterocycles. The third-order valence-electron chi connectivity index (χ3n) is 4.12. The zero-order chi connectivity index (χ0) is 19.8. The van der Waals surface area contributed by atoms with Gasteiger partial charge in [0.25, 0.3) is 0 Å². The minimum atomic E-state index is -0.312. The van der Waals surface area contributed by atoms with Gasteiger partial charge in [0.2, 0.25) is 11.8 Å². The molecule has 0 radical (unpaired) electrons. The Labute approximate surface area is 163 Å². The fourth-order valence-electron chi connectivity index (χ4n) is 2.61. The van der Waals surface area contributed by atoms with E-state index < -0.39 is 0 Å². The van der Waals surface area contributed by atoms with Crippen molar-refractivity contribution in [2.24, 2.45) is 0 Å². The van der Waals surface area contributed by atoms with E-state index in [1.807, 2.05) is 19.1 Å². The maximum absolute atomic E-state index is 13.2. The van der Waals surface area contributed by atoms with Crippen LogP contribution in [0, 0.1) is 12.7 Å². The SMILES string of the molecule is COCCN(CC(=O)N(Cc1ccc(F)cc1)Cc1ccc(C)s1)C(C)=O. The molecule has 0 fully saturated rings. The number of hydrogen-bond acceptors (Lipinski definition) is 4. The second-order valence-corrected chi connectivity index (χ2v) is 7.69. The topological polar surface area (TPSA) is 49.9 Å². The van der Waals surface area contributed by atoms with Crippen molar-refractivity contribution < 1.29 is 18.7 Å². The Morgan fingerprint density at radius 3 is 2.33 bits per heavy atom. The van der Waals surface area contributed by atoms with Crippen LogP contribution in [0.1, 0.15) is 22.2 Å². The number of hydrogen-bond donors (Lipinski definition) is 0. The molecule has 2 rings (SSSR count). The van der Waals surface area contributed by atoms with E-state index in [0.29, 0.717) is 26.2 Å². The number of aryl methyl sites for hydroxylation is 1. The lowest BCUT2D eigenvalue weighted by Gasteiger charge is -2.27. The summed E-state index contributed by atoms with van der Waals surface area (Å²) in [6.45, 7) is 4.98. The Morgan fingerprint density at radius 2 is 1.78 bits per heavy atom. The molecule has 0 spiro atoms. The first-order valence-corrected chi connectivity index (χ1v) is 9.52. The van der Waals surface area contributed by atoms with Crippen LogP contribution in [0.25, 0.3) is 0 Å². The summed E-state index contributed by atoms with van der Waals surface area (Å²) in [7, 11) is 1.56. The summed E-state index contributed by atoms with van der Waals surface area (Å²) >= 11 is 1.63. The van der Waals surface area contributed by atoms with E-state index in [0.717, 1.165) is 10.4 Å². The van der Waals surface area contributed by atoms with Crippen LogP contribution in [0.2, 0.25) is 0 Å². The third kappa shape index (κ3) is 6.77. The second-order valence-electron chi connectivity index (χ2n) is 6.32. The first-order valence-electron chi connectivity index (χ1n) is 8.71. The Kier molecular flexibility index (Phi) is 7.94. The number of methoxy groups -OCH3 is 1. The van der Waals surface area contributed by atoms with Crippen molar-refractivity contribution in [2.45, 2.75) is 26.9 Å². The van der Waals surface area contributed by atoms with E-state index in [1.54, 1.807) is 35.5 Å². The molecule has 2 aromatic rings. The third-order valence-corrected chi connectivity index (χ3v) is 5.10. The minimum Gasteiger partial charge on any atom is -0.383 e. The summed E-state index contributed by atoms with van der Waals surface area (Å²) in [4.78, 5) is 30.2. The van der Waals surface area contributed by atoms with Gasteiger partial charge in [-0.3, -0.25) is 9.59 Å². The molecular formula is C20H25FN2O3S. The lowest BCUT2D eigenvalue weighted by Crippen LogP contribution is -2.42. The number of carbonyl (C=O) groups is 2. The molecule has 0 N–H and O–H groups in total. The molecule has 0 bridgehead atoms. The number of thiophene rings is 1. The van der Waals surface area contributed by atoms with Gasteiger partial charge in [-0.05, 0) is 36.8 Å². The smallest absolute Gasteiger partial charge is 0.242 e. The van der Waals surface area contributed by atoms with Gasteiger partial charge in [-0.15, -0.1) is 11.3 Å². The Balaban J connectivity index is 2.14. The molecule has 0 saturated carbocycles. The molecule has 146 valence electrons. The van der Waals surface area contributed by atoms with Gasteiger partial charge in [-0.1, -0.05) is 12.1 Å². The summed E-state index contributed by atoms with van der Waals surface area (Å²) in [6.07, 6.45) is 0. The summed E-state index contributed by atoms with van der Waals surface area (Å²) < 4.78 is 18.2. The molecular weight excluding hydrogens is 367 g/mol.